The molecule has 1 aliphatic heterocycles. The molecule has 7 nitrogen and oxygen atoms in total. The summed E-state index contributed by atoms with van der Waals surface area (Å²) in [5, 5.41) is 1.04. The molecule has 3 aliphatic rings. The van der Waals surface area contributed by atoms with E-state index in [1.165, 1.54) is 18.4 Å². The zero-order chi connectivity index (χ0) is 28.3. The fraction of sp³-hybridized carbons (Fsp3) is 0.500. The van der Waals surface area contributed by atoms with E-state index in [2.05, 4.69) is 27.9 Å². The summed E-state index contributed by atoms with van der Waals surface area (Å²) in [6, 6.07) is 10.1. The lowest BCUT2D eigenvalue weighted by atomic mass is 9.62. The van der Waals surface area contributed by atoms with Crippen LogP contribution in [-0.4, -0.2) is 49.8 Å². The SMILES string of the molecule is C[C@H]1CCCN(Cc2cc3c(C4CC4)cn(-c4cccc([C@]5(c6nccn6C)C[C@H](OC(F)F)C5)c4)c(=O)c3[nH]2)C1. The highest BCUT2D eigenvalue weighted by molar-refractivity contribution is 5.84. The molecule has 2 saturated carbocycles. The minimum absolute atomic E-state index is 0.0710. The van der Waals surface area contributed by atoms with Gasteiger partial charge in [0.1, 0.15) is 11.3 Å². The van der Waals surface area contributed by atoms with Gasteiger partial charge in [0.15, 0.2) is 0 Å². The van der Waals surface area contributed by atoms with Crippen molar-refractivity contribution in [1.82, 2.24) is 24.0 Å². The maximum atomic E-state index is 14.0. The molecule has 3 fully saturated rings. The number of nitrogens with zero attached hydrogens (tertiary/aromatic N) is 4. The number of nitrogens with one attached hydrogen (secondary N) is 1. The van der Waals surface area contributed by atoms with Crippen LogP contribution >= 0.6 is 0 Å². The second-order valence-corrected chi connectivity index (χ2v) is 12.5. The molecule has 2 aliphatic carbocycles. The van der Waals surface area contributed by atoms with Crippen molar-refractivity contribution < 1.29 is 13.5 Å². The number of aromatic amines is 1. The molecule has 4 heterocycles. The lowest BCUT2D eigenvalue weighted by Gasteiger charge is -2.47. The molecule has 41 heavy (non-hydrogen) atoms. The predicted octanol–water partition coefficient (Wildman–Crippen LogP) is 5.85. The van der Waals surface area contributed by atoms with Gasteiger partial charge in [0.05, 0.1) is 11.5 Å². The Kier molecular flexibility index (Phi) is 6.62. The third kappa shape index (κ3) is 4.83. The van der Waals surface area contributed by atoms with Crippen LogP contribution in [0.15, 0.2) is 53.7 Å². The number of H-pyrrole nitrogens is 1. The number of piperidine rings is 1. The van der Waals surface area contributed by atoms with Crippen LogP contribution in [0, 0.1) is 5.92 Å². The lowest BCUT2D eigenvalue weighted by Crippen LogP contribution is -2.49. The van der Waals surface area contributed by atoms with Crippen molar-refractivity contribution in [3.05, 3.63) is 81.9 Å². The third-order valence-electron chi connectivity index (χ3n) is 9.41. The van der Waals surface area contributed by atoms with E-state index in [0.717, 1.165) is 60.6 Å². The Morgan fingerprint density at radius 2 is 2.02 bits per heavy atom. The van der Waals surface area contributed by atoms with E-state index in [1.54, 1.807) is 10.8 Å². The topological polar surface area (TPSA) is 68.1 Å². The molecule has 7 rings (SSSR count). The summed E-state index contributed by atoms with van der Waals surface area (Å²) in [6.07, 6.45) is 10.6. The highest BCUT2D eigenvalue weighted by Gasteiger charge is 2.51. The average Bonchev–Trinajstić information content (AvgIpc) is 3.54. The van der Waals surface area contributed by atoms with Gasteiger partial charge in [-0.05, 0) is 86.2 Å². The van der Waals surface area contributed by atoms with Gasteiger partial charge in [-0.2, -0.15) is 8.78 Å². The summed E-state index contributed by atoms with van der Waals surface area (Å²) >= 11 is 0. The van der Waals surface area contributed by atoms with E-state index in [1.807, 2.05) is 48.3 Å². The van der Waals surface area contributed by atoms with Gasteiger partial charge in [0.25, 0.3) is 5.56 Å². The van der Waals surface area contributed by atoms with Crippen LogP contribution < -0.4 is 5.56 Å². The minimum Gasteiger partial charge on any atom is -0.353 e. The fourth-order valence-corrected chi connectivity index (χ4v) is 7.25. The quantitative estimate of drug-likeness (QED) is 0.293. The third-order valence-corrected chi connectivity index (χ3v) is 9.41. The first-order valence-corrected chi connectivity index (χ1v) is 14.8. The van der Waals surface area contributed by atoms with Crippen molar-refractivity contribution in [2.24, 2.45) is 13.0 Å². The van der Waals surface area contributed by atoms with Crippen LogP contribution in [-0.2, 0) is 23.7 Å². The molecule has 0 amide bonds. The number of alkyl halides is 2. The number of rotatable bonds is 8. The molecule has 0 radical (unpaired) electrons. The molecule has 0 spiro atoms. The Balaban J connectivity index is 1.27. The fourth-order valence-electron chi connectivity index (χ4n) is 7.25. The van der Waals surface area contributed by atoms with Gasteiger partial charge in [0.2, 0.25) is 0 Å². The van der Waals surface area contributed by atoms with E-state index in [4.69, 9.17) is 4.74 Å². The summed E-state index contributed by atoms with van der Waals surface area (Å²) in [4.78, 5) is 24.6. The van der Waals surface area contributed by atoms with Gasteiger partial charge in [0, 0.05) is 55.5 Å². The number of aromatic nitrogens is 4. The van der Waals surface area contributed by atoms with Gasteiger partial charge in [-0.3, -0.25) is 14.3 Å². The first-order chi connectivity index (χ1) is 19.8. The number of likely N-dealkylation sites (tertiary alicyclic amines) is 1. The first kappa shape index (κ1) is 26.6. The minimum atomic E-state index is -2.80. The van der Waals surface area contributed by atoms with Crippen LogP contribution in [0.3, 0.4) is 0 Å². The van der Waals surface area contributed by atoms with Crippen molar-refractivity contribution >= 4 is 10.9 Å². The molecule has 1 aromatic carbocycles. The number of hydrogen-bond acceptors (Lipinski definition) is 4. The summed E-state index contributed by atoms with van der Waals surface area (Å²) in [6.45, 7) is 2.51. The number of pyridine rings is 1. The molecular formula is C32H37F2N5O2. The summed E-state index contributed by atoms with van der Waals surface area (Å²) in [7, 11) is 1.92. The Bertz CT molecular complexity index is 1630. The molecule has 216 valence electrons. The van der Waals surface area contributed by atoms with E-state index >= 15 is 0 Å². The molecule has 4 aromatic rings. The van der Waals surface area contributed by atoms with E-state index in [-0.39, 0.29) is 5.56 Å². The number of benzene rings is 1. The number of aryl methyl sites for hydroxylation is 1. The molecule has 0 bridgehead atoms. The van der Waals surface area contributed by atoms with Crippen LogP contribution in [0.25, 0.3) is 16.6 Å². The molecule has 9 heteroatoms. The zero-order valence-electron chi connectivity index (χ0n) is 23.7. The number of ether oxygens (including phenoxy) is 1. The Labute approximate surface area is 238 Å². The van der Waals surface area contributed by atoms with Gasteiger partial charge in [-0.1, -0.05) is 19.1 Å². The summed E-state index contributed by atoms with van der Waals surface area (Å²) in [5.74, 6) is 1.97. The largest absolute Gasteiger partial charge is 0.353 e. The Morgan fingerprint density at radius 1 is 1.20 bits per heavy atom. The summed E-state index contributed by atoms with van der Waals surface area (Å²) < 4.78 is 34.6. The van der Waals surface area contributed by atoms with Crippen LogP contribution in [0.2, 0.25) is 0 Å². The van der Waals surface area contributed by atoms with Crippen LogP contribution in [0.1, 0.15) is 74.0 Å². The standard InChI is InChI=1S/C32H37F2N5O2/c1-20-5-4-11-38(17-20)18-23-14-26-27(21-8-9-21)19-39(29(40)28(26)36-23)24-7-3-6-22(13-24)32(30-35-10-12-37(30)2)15-25(16-32)41-31(33)34/h3,6-7,10,12-14,19-21,25,31,36H,4-5,8-9,11,15-18H2,1-2H3/t20-,25-,32-/m0/s1. The molecule has 1 N–H and O–H groups in total. The molecular weight excluding hydrogens is 524 g/mol. The van der Waals surface area contributed by atoms with Crippen molar-refractivity contribution in [3.63, 3.8) is 0 Å². The van der Waals surface area contributed by atoms with Gasteiger partial charge in [-0.25, -0.2) is 4.98 Å². The maximum Gasteiger partial charge on any atom is 0.345 e. The number of fused-ring (bicyclic) bond motifs is 1. The van der Waals surface area contributed by atoms with Crippen LogP contribution in [0.4, 0.5) is 8.78 Å². The molecule has 3 aromatic heterocycles. The number of hydrogen-bond donors (Lipinski definition) is 1. The van der Waals surface area contributed by atoms with Gasteiger partial charge < -0.3 is 14.3 Å². The first-order valence-electron chi connectivity index (χ1n) is 14.8. The normalized spacial score (nSPS) is 25.2. The molecule has 1 atom stereocenters. The second kappa shape index (κ2) is 10.2. The zero-order valence-corrected chi connectivity index (χ0v) is 23.7. The summed E-state index contributed by atoms with van der Waals surface area (Å²) in [5.41, 5.74) is 4.05. The van der Waals surface area contributed by atoms with E-state index < -0.39 is 18.1 Å². The van der Waals surface area contributed by atoms with Crippen LogP contribution in [0.5, 0.6) is 0 Å². The smallest absolute Gasteiger partial charge is 0.345 e. The molecule has 0 unspecified atom stereocenters. The highest BCUT2D eigenvalue weighted by Crippen LogP contribution is 2.50. The highest BCUT2D eigenvalue weighted by atomic mass is 19.3. The van der Waals surface area contributed by atoms with E-state index in [9.17, 15) is 13.6 Å². The molecule has 1 saturated heterocycles. The average molecular weight is 562 g/mol. The van der Waals surface area contributed by atoms with Crippen molar-refractivity contribution in [3.8, 4) is 5.69 Å². The van der Waals surface area contributed by atoms with E-state index in [0.29, 0.717) is 30.2 Å². The Morgan fingerprint density at radius 3 is 2.73 bits per heavy atom. The van der Waals surface area contributed by atoms with Gasteiger partial charge in [-0.15, -0.1) is 0 Å². The Hall–Kier alpha value is -3.30. The number of halogens is 2. The predicted molar refractivity (Wildman–Crippen MR) is 154 cm³/mol. The van der Waals surface area contributed by atoms with Gasteiger partial charge >= 0.3 is 6.61 Å². The van der Waals surface area contributed by atoms with Crippen molar-refractivity contribution in [2.45, 2.75) is 76.0 Å². The van der Waals surface area contributed by atoms with Crippen molar-refractivity contribution in [2.75, 3.05) is 13.1 Å². The monoisotopic (exact) mass is 561 g/mol. The van der Waals surface area contributed by atoms with Crippen molar-refractivity contribution in [1.29, 1.82) is 0 Å². The lowest BCUT2D eigenvalue weighted by molar-refractivity contribution is -0.192. The maximum absolute atomic E-state index is 14.0. The number of imidazole rings is 1. The second-order valence-electron chi connectivity index (χ2n) is 12.5.